The molecular weight excluding hydrogens is 268 g/mol. The smallest absolute Gasteiger partial charge is 0.118 e. The molecule has 0 aliphatic heterocycles. The van der Waals surface area contributed by atoms with Gasteiger partial charge in [0.25, 0.3) is 0 Å². The van der Waals surface area contributed by atoms with Crippen LogP contribution in [0.5, 0.6) is 5.75 Å². The fraction of sp³-hybridized carbons (Fsp3) is 0.0476. The van der Waals surface area contributed by atoms with Gasteiger partial charge in [-0.25, -0.2) is 0 Å². The minimum Gasteiger partial charge on any atom is -0.497 e. The third kappa shape index (κ3) is 3.44. The minimum absolute atomic E-state index is 0.879. The number of methoxy groups -OCH3 is 1. The lowest BCUT2D eigenvalue weighted by Gasteiger charge is -2.02. The molecule has 3 aromatic carbocycles. The molecule has 3 rings (SSSR count). The summed E-state index contributed by atoms with van der Waals surface area (Å²) in [4.78, 5) is 0. The molecule has 0 amide bonds. The second-order valence-corrected chi connectivity index (χ2v) is 5.09. The molecule has 0 aliphatic carbocycles. The zero-order valence-electron chi connectivity index (χ0n) is 12.6. The Morgan fingerprint density at radius 3 is 1.64 bits per heavy atom. The predicted octanol–water partition coefficient (Wildman–Crippen LogP) is 5.53. The quantitative estimate of drug-likeness (QED) is 0.573. The molecule has 0 aromatic heterocycles. The average molecular weight is 286 g/mol. The first kappa shape index (κ1) is 14.2. The van der Waals surface area contributed by atoms with E-state index in [9.17, 15) is 0 Å². The van der Waals surface area contributed by atoms with Crippen LogP contribution in [0.3, 0.4) is 0 Å². The predicted molar refractivity (Wildman–Crippen MR) is 93.8 cm³/mol. The average Bonchev–Trinajstić information content (AvgIpc) is 2.61. The monoisotopic (exact) mass is 286 g/mol. The molecule has 0 heterocycles. The summed E-state index contributed by atoms with van der Waals surface area (Å²) in [6.45, 7) is 0. The lowest BCUT2D eigenvalue weighted by molar-refractivity contribution is 0.415. The van der Waals surface area contributed by atoms with E-state index in [0.717, 1.165) is 11.3 Å². The number of benzene rings is 3. The zero-order chi connectivity index (χ0) is 15.2. The van der Waals surface area contributed by atoms with Gasteiger partial charge in [0.05, 0.1) is 7.11 Å². The Morgan fingerprint density at radius 2 is 1.09 bits per heavy atom. The number of hydrogen-bond acceptors (Lipinski definition) is 1. The summed E-state index contributed by atoms with van der Waals surface area (Å²) in [5, 5.41) is 0. The summed E-state index contributed by atoms with van der Waals surface area (Å²) in [5.74, 6) is 0.879. The van der Waals surface area contributed by atoms with Crippen molar-refractivity contribution in [2.45, 2.75) is 0 Å². The van der Waals surface area contributed by atoms with Crippen LogP contribution in [0.2, 0.25) is 0 Å². The van der Waals surface area contributed by atoms with Gasteiger partial charge in [-0.1, -0.05) is 78.9 Å². The van der Waals surface area contributed by atoms with Crippen molar-refractivity contribution >= 4 is 12.2 Å². The van der Waals surface area contributed by atoms with Crippen LogP contribution in [0, 0.1) is 0 Å². The van der Waals surface area contributed by atoms with E-state index in [0.29, 0.717) is 0 Å². The highest BCUT2D eigenvalue weighted by Crippen LogP contribution is 2.20. The standard InChI is InChI=1S/C21H18O/c1-22-21-15-11-18(12-16-21)8-7-17-9-13-20(14-10-17)19-5-3-2-4-6-19/h2-16H,1H3. The molecule has 108 valence electrons. The summed E-state index contributed by atoms with van der Waals surface area (Å²) >= 11 is 0. The molecule has 22 heavy (non-hydrogen) atoms. The Morgan fingerprint density at radius 1 is 0.591 bits per heavy atom. The van der Waals surface area contributed by atoms with Crippen LogP contribution in [-0.4, -0.2) is 7.11 Å². The zero-order valence-corrected chi connectivity index (χ0v) is 12.6. The maximum absolute atomic E-state index is 5.16. The van der Waals surface area contributed by atoms with Crippen molar-refractivity contribution in [1.29, 1.82) is 0 Å². The lowest BCUT2D eigenvalue weighted by Crippen LogP contribution is -1.81. The number of hydrogen-bond donors (Lipinski definition) is 0. The van der Waals surface area contributed by atoms with E-state index < -0.39 is 0 Å². The highest BCUT2D eigenvalue weighted by atomic mass is 16.5. The van der Waals surface area contributed by atoms with Crippen LogP contribution in [0.1, 0.15) is 11.1 Å². The van der Waals surface area contributed by atoms with Crippen molar-refractivity contribution in [3.05, 3.63) is 90.0 Å². The third-order valence-electron chi connectivity index (χ3n) is 3.60. The van der Waals surface area contributed by atoms with Gasteiger partial charge in [-0.05, 0) is 34.4 Å². The van der Waals surface area contributed by atoms with Gasteiger partial charge >= 0.3 is 0 Å². The first-order chi connectivity index (χ1) is 10.8. The highest BCUT2D eigenvalue weighted by molar-refractivity contribution is 5.72. The van der Waals surface area contributed by atoms with Gasteiger partial charge in [0.2, 0.25) is 0 Å². The highest BCUT2D eigenvalue weighted by Gasteiger charge is 1.96. The summed E-state index contributed by atoms with van der Waals surface area (Å²) in [7, 11) is 1.68. The summed E-state index contributed by atoms with van der Waals surface area (Å²) in [6, 6.07) is 27.0. The summed E-state index contributed by atoms with van der Waals surface area (Å²) in [5.41, 5.74) is 4.83. The lowest BCUT2D eigenvalue weighted by atomic mass is 10.0. The van der Waals surface area contributed by atoms with Gasteiger partial charge in [-0.15, -0.1) is 0 Å². The van der Waals surface area contributed by atoms with E-state index in [1.165, 1.54) is 16.7 Å². The summed E-state index contributed by atoms with van der Waals surface area (Å²) < 4.78 is 5.16. The van der Waals surface area contributed by atoms with E-state index in [4.69, 9.17) is 4.74 Å². The molecule has 0 unspecified atom stereocenters. The van der Waals surface area contributed by atoms with Crippen LogP contribution < -0.4 is 4.74 Å². The van der Waals surface area contributed by atoms with Crippen LogP contribution in [0.25, 0.3) is 23.3 Å². The Kier molecular flexibility index (Phi) is 4.35. The Balaban J connectivity index is 1.74. The van der Waals surface area contributed by atoms with Crippen LogP contribution >= 0.6 is 0 Å². The van der Waals surface area contributed by atoms with E-state index in [2.05, 4.69) is 60.7 Å². The molecule has 0 radical (unpaired) electrons. The molecule has 0 fully saturated rings. The maximum atomic E-state index is 5.16. The molecule has 0 aliphatic rings. The molecule has 0 spiro atoms. The second-order valence-electron chi connectivity index (χ2n) is 5.09. The van der Waals surface area contributed by atoms with Gasteiger partial charge < -0.3 is 4.74 Å². The molecule has 0 saturated carbocycles. The van der Waals surface area contributed by atoms with Gasteiger partial charge in [0.15, 0.2) is 0 Å². The van der Waals surface area contributed by atoms with Crippen molar-refractivity contribution in [3.63, 3.8) is 0 Å². The van der Waals surface area contributed by atoms with Crippen LogP contribution in [0.4, 0.5) is 0 Å². The Bertz CT molecular complexity index is 738. The van der Waals surface area contributed by atoms with Gasteiger partial charge in [-0.3, -0.25) is 0 Å². The first-order valence-electron chi connectivity index (χ1n) is 7.33. The van der Waals surface area contributed by atoms with E-state index in [1.807, 2.05) is 30.3 Å². The van der Waals surface area contributed by atoms with E-state index in [1.54, 1.807) is 7.11 Å². The SMILES string of the molecule is COc1ccc(C=Cc2ccc(-c3ccccc3)cc2)cc1. The van der Waals surface area contributed by atoms with Crippen LogP contribution in [0.15, 0.2) is 78.9 Å². The van der Waals surface area contributed by atoms with Crippen molar-refractivity contribution in [1.82, 2.24) is 0 Å². The molecular formula is C21H18O. The number of ether oxygens (including phenoxy) is 1. The van der Waals surface area contributed by atoms with Crippen molar-refractivity contribution in [2.24, 2.45) is 0 Å². The Hall–Kier alpha value is -2.80. The van der Waals surface area contributed by atoms with Crippen molar-refractivity contribution in [3.8, 4) is 16.9 Å². The normalized spacial score (nSPS) is 10.8. The molecule has 0 atom stereocenters. The van der Waals surface area contributed by atoms with Gasteiger partial charge in [0.1, 0.15) is 5.75 Å². The first-order valence-corrected chi connectivity index (χ1v) is 7.33. The molecule has 0 saturated heterocycles. The fourth-order valence-corrected chi connectivity index (χ4v) is 2.32. The molecule has 0 N–H and O–H groups in total. The molecule has 0 bridgehead atoms. The van der Waals surface area contributed by atoms with Crippen molar-refractivity contribution < 1.29 is 4.74 Å². The van der Waals surface area contributed by atoms with E-state index >= 15 is 0 Å². The largest absolute Gasteiger partial charge is 0.497 e. The second kappa shape index (κ2) is 6.77. The molecule has 1 heteroatoms. The minimum atomic E-state index is 0.879. The maximum Gasteiger partial charge on any atom is 0.118 e. The van der Waals surface area contributed by atoms with Crippen molar-refractivity contribution in [2.75, 3.05) is 7.11 Å². The molecule has 1 nitrogen and oxygen atoms in total. The van der Waals surface area contributed by atoms with Gasteiger partial charge in [-0.2, -0.15) is 0 Å². The topological polar surface area (TPSA) is 9.23 Å². The molecule has 3 aromatic rings. The third-order valence-corrected chi connectivity index (χ3v) is 3.60. The number of rotatable bonds is 4. The Labute approximate surface area is 131 Å². The van der Waals surface area contributed by atoms with Gasteiger partial charge in [0, 0.05) is 0 Å². The van der Waals surface area contributed by atoms with E-state index in [-0.39, 0.29) is 0 Å². The fourth-order valence-electron chi connectivity index (χ4n) is 2.32. The van der Waals surface area contributed by atoms with Crippen LogP contribution in [-0.2, 0) is 0 Å². The summed E-state index contributed by atoms with van der Waals surface area (Å²) in [6.07, 6.45) is 4.23.